The first-order chi connectivity index (χ1) is 13.8. The zero-order chi connectivity index (χ0) is 19.2. The van der Waals surface area contributed by atoms with Crippen molar-refractivity contribution in [3.05, 3.63) is 36.2 Å². The molecule has 0 aliphatic carbocycles. The monoisotopic (exact) mass is 383 g/mol. The summed E-state index contributed by atoms with van der Waals surface area (Å²) in [6, 6.07) is 8.14. The average molecular weight is 384 g/mol. The van der Waals surface area contributed by atoms with E-state index < -0.39 is 0 Å². The fraction of sp³-hybridized carbons (Fsp3) is 0.550. The van der Waals surface area contributed by atoms with E-state index in [4.69, 9.17) is 9.72 Å². The summed E-state index contributed by atoms with van der Waals surface area (Å²) < 4.78 is 5.40. The van der Waals surface area contributed by atoms with Crippen molar-refractivity contribution in [3.63, 3.8) is 0 Å². The fourth-order valence-corrected chi connectivity index (χ4v) is 3.65. The largest absolute Gasteiger partial charge is 0.379 e. The van der Waals surface area contributed by atoms with E-state index in [-0.39, 0.29) is 0 Å². The van der Waals surface area contributed by atoms with Crippen molar-refractivity contribution in [1.82, 2.24) is 19.9 Å². The zero-order valence-electron chi connectivity index (χ0n) is 16.5. The molecule has 2 aromatic heterocycles. The smallest absolute Gasteiger partial charge is 0.224 e. The van der Waals surface area contributed by atoms with Crippen molar-refractivity contribution >= 4 is 17.6 Å². The molecule has 0 spiro atoms. The van der Waals surface area contributed by atoms with Gasteiger partial charge in [-0.2, -0.15) is 4.98 Å². The molecule has 4 rings (SSSR count). The molecule has 0 saturated carbocycles. The topological polar surface area (TPSA) is 69.7 Å². The van der Waals surface area contributed by atoms with Gasteiger partial charge in [0.2, 0.25) is 5.95 Å². The Morgan fingerprint density at radius 2 is 1.71 bits per heavy atom. The summed E-state index contributed by atoms with van der Waals surface area (Å²) in [4.78, 5) is 20.9. The van der Waals surface area contributed by atoms with Crippen LogP contribution in [-0.2, 0) is 4.74 Å². The number of nitrogens with one attached hydrogen (secondary N) is 1. The number of aromatic nitrogens is 3. The van der Waals surface area contributed by atoms with Crippen molar-refractivity contribution in [2.24, 2.45) is 0 Å². The number of morpholine rings is 1. The maximum atomic E-state index is 5.40. The molecule has 2 aliphatic rings. The lowest BCUT2D eigenvalue weighted by Crippen LogP contribution is -2.47. The Labute approximate surface area is 166 Å². The molecular weight excluding hydrogens is 354 g/mol. The summed E-state index contributed by atoms with van der Waals surface area (Å²) in [6.07, 6.45) is 1.85. The number of piperazine rings is 1. The summed E-state index contributed by atoms with van der Waals surface area (Å²) in [5.74, 6) is 2.77. The van der Waals surface area contributed by atoms with Gasteiger partial charge in [-0.3, -0.25) is 4.90 Å². The van der Waals surface area contributed by atoms with Crippen molar-refractivity contribution in [1.29, 1.82) is 0 Å². The minimum atomic E-state index is 0.718. The maximum absolute atomic E-state index is 5.40. The number of ether oxygens (including phenoxy) is 1. The molecule has 2 saturated heterocycles. The molecular formula is C20H29N7O. The average Bonchev–Trinajstić information content (AvgIpc) is 2.75. The van der Waals surface area contributed by atoms with Gasteiger partial charge in [-0.25, -0.2) is 9.97 Å². The highest BCUT2D eigenvalue weighted by Gasteiger charge is 2.20. The van der Waals surface area contributed by atoms with Crippen LogP contribution in [0, 0.1) is 6.92 Å². The molecule has 150 valence electrons. The molecule has 28 heavy (non-hydrogen) atoms. The number of nitrogens with zero attached hydrogens (tertiary/aromatic N) is 6. The van der Waals surface area contributed by atoms with E-state index in [0.29, 0.717) is 0 Å². The number of pyridine rings is 1. The van der Waals surface area contributed by atoms with Gasteiger partial charge in [0.1, 0.15) is 11.6 Å². The molecule has 4 heterocycles. The van der Waals surface area contributed by atoms with E-state index in [1.54, 1.807) is 0 Å². The van der Waals surface area contributed by atoms with E-state index in [2.05, 4.69) is 42.1 Å². The van der Waals surface area contributed by atoms with E-state index in [0.717, 1.165) is 88.8 Å². The first-order valence-electron chi connectivity index (χ1n) is 10.1. The van der Waals surface area contributed by atoms with Gasteiger partial charge in [0, 0.05) is 70.3 Å². The third-order valence-corrected chi connectivity index (χ3v) is 5.23. The van der Waals surface area contributed by atoms with Gasteiger partial charge in [-0.05, 0) is 19.1 Å². The van der Waals surface area contributed by atoms with E-state index >= 15 is 0 Å². The molecule has 0 amide bonds. The zero-order valence-corrected chi connectivity index (χ0v) is 16.5. The number of hydrogen-bond donors (Lipinski definition) is 1. The van der Waals surface area contributed by atoms with Gasteiger partial charge in [0.15, 0.2) is 0 Å². The first kappa shape index (κ1) is 18.9. The van der Waals surface area contributed by atoms with Crippen molar-refractivity contribution < 1.29 is 4.74 Å². The molecule has 2 aromatic rings. The second-order valence-electron chi connectivity index (χ2n) is 7.23. The van der Waals surface area contributed by atoms with E-state index in [9.17, 15) is 0 Å². The minimum absolute atomic E-state index is 0.718. The third-order valence-electron chi connectivity index (χ3n) is 5.23. The Balaban J connectivity index is 1.32. The summed E-state index contributed by atoms with van der Waals surface area (Å²) in [5, 5.41) is 3.40. The van der Waals surface area contributed by atoms with Gasteiger partial charge >= 0.3 is 0 Å². The molecule has 0 aromatic carbocycles. The number of rotatable bonds is 6. The normalized spacial score (nSPS) is 18.3. The predicted octanol–water partition coefficient (Wildman–Crippen LogP) is 1.25. The minimum Gasteiger partial charge on any atom is -0.379 e. The number of anilines is 3. The number of hydrogen-bond acceptors (Lipinski definition) is 8. The SMILES string of the molecule is Cc1cc(N2CCN(c3ccccn3)CC2)nc(NCCN2CCOCC2)n1. The van der Waals surface area contributed by atoms with Gasteiger partial charge in [0.25, 0.3) is 0 Å². The Morgan fingerprint density at radius 3 is 2.43 bits per heavy atom. The molecule has 2 fully saturated rings. The highest BCUT2D eigenvalue weighted by Crippen LogP contribution is 2.19. The Morgan fingerprint density at radius 1 is 0.964 bits per heavy atom. The van der Waals surface area contributed by atoms with Crippen LogP contribution < -0.4 is 15.1 Å². The van der Waals surface area contributed by atoms with Crippen molar-refractivity contribution in [3.8, 4) is 0 Å². The van der Waals surface area contributed by atoms with Crippen LogP contribution in [-0.4, -0.2) is 85.4 Å². The summed E-state index contributed by atoms with van der Waals surface area (Å²) in [7, 11) is 0. The van der Waals surface area contributed by atoms with Crippen LogP contribution in [0.15, 0.2) is 30.5 Å². The fourth-order valence-electron chi connectivity index (χ4n) is 3.65. The summed E-state index contributed by atoms with van der Waals surface area (Å²) in [6.45, 7) is 11.3. The van der Waals surface area contributed by atoms with Crippen LogP contribution in [0.1, 0.15) is 5.69 Å². The second kappa shape index (κ2) is 9.16. The van der Waals surface area contributed by atoms with Crippen molar-refractivity contribution in [2.75, 3.05) is 80.7 Å². The predicted molar refractivity (Wildman–Crippen MR) is 111 cm³/mol. The first-order valence-corrected chi connectivity index (χ1v) is 10.1. The molecule has 0 radical (unpaired) electrons. The Bertz CT molecular complexity index is 743. The molecule has 8 heteroatoms. The van der Waals surface area contributed by atoms with Crippen LogP contribution in [0.2, 0.25) is 0 Å². The molecule has 1 N–H and O–H groups in total. The van der Waals surface area contributed by atoms with Crippen LogP contribution in [0.4, 0.5) is 17.6 Å². The van der Waals surface area contributed by atoms with Crippen molar-refractivity contribution in [2.45, 2.75) is 6.92 Å². The second-order valence-corrected chi connectivity index (χ2v) is 7.23. The lowest BCUT2D eigenvalue weighted by Gasteiger charge is -2.36. The van der Waals surface area contributed by atoms with Gasteiger partial charge in [0.05, 0.1) is 13.2 Å². The van der Waals surface area contributed by atoms with Crippen LogP contribution >= 0.6 is 0 Å². The van der Waals surface area contributed by atoms with Crippen LogP contribution in [0.3, 0.4) is 0 Å². The Hall–Kier alpha value is -2.45. The lowest BCUT2D eigenvalue weighted by atomic mass is 10.3. The highest BCUT2D eigenvalue weighted by atomic mass is 16.5. The summed E-state index contributed by atoms with van der Waals surface area (Å²) in [5.41, 5.74) is 0.992. The van der Waals surface area contributed by atoms with Gasteiger partial charge in [-0.15, -0.1) is 0 Å². The maximum Gasteiger partial charge on any atom is 0.224 e. The van der Waals surface area contributed by atoms with Crippen LogP contribution in [0.5, 0.6) is 0 Å². The quantitative estimate of drug-likeness (QED) is 0.799. The highest BCUT2D eigenvalue weighted by molar-refractivity contribution is 5.48. The van der Waals surface area contributed by atoms with E-state index in [1.807, 2.05) is 25.3 Å². The van der Waals surface area contributed by atoms with Crippen LogP contribution in [0.25, 0.3) is 0 Å². The third kappa shape index (κ3) is 4.88. The molecule has 8 nitrogen and oxygen atoms in total. The van der Waals surface area contributed by atoms with Gasteiger partial charge in [-0.1, -0.05) is 6.07 Å². The Kier molecular flexibility index (Phi) is 6.18. The lowest BCUT2D eigenvalue weighted by molar-refractivity contribution is 0.0398. The van der Waals surface area contributed by atoms with E-state index in [1.165, 1.54) is 0 Å². The molecule has 0 atom stereocenters. The molecule has 0 bridgehead atoms. The molecule has 0 unspecified atom stereocenters. The number of aryl methyl sites for hydroxylation is 1. The summed E-state index contributed by atoms with van der Waals surface area (Å²) >= 11 is 0. The molecule has 2 aliphatic heterocycles. The standard InChI is InChI=1S/C20H29N7O/c1-17-16-19(24-20(23-17)22-6-7-25-12-14-28-15-13-25)27-10-8-26(9-11-27)18-4-2-3-5-21-18/h2-5,16H,6-15H2,1H3,(H,22,23,24). The van der Waals surface area contributed by atoms with Gasteiger partial charge < -0.3 is 19.9 Å².